The molecule has 4 unspecified atom stereocenters. The van der Waals surface area contributed by atoms with Gasteiger partial charge in [0.05, 0.1) is 70.0 Å². The minimum absolute atomic E-state index is 0.00176. The van der Waals surface area contributed by atoms with Crippen molar-refractivity contribution in [1.29, 1.82) is 0 Å². The van der Waals surface area contributed by atoms with E-state index in [9.17, 15) is 33.7 Å². The number of hydrogen-bond acceptors (Lipinski definition) is 24. The highest BCUT2D eigenvalue weighted by Gasteiger charge is 2.61. The molecule has 0 amide bonds. The van der Waals surface area contributed by atoms with Crippen molar-refractivity contribution in [3.8, 4) is 74.6 Å². The number of nitrogens with zero attached hydrogens (tertiary/aromatic N) is 7. The summed E-state index contributed by atoms with van der Waals surface area (Å²) in [5.41, 5.74) is 29.7. The molecule has 5 fully saturated rings. The molecule has 8 aromatic rings. The Morgan fingerprint density at radius 3 is 1.24 bits per heavy atom. The molecule has 23 nitrogen and oxygen atoms in total. The number of rotatable bonds is 8. The van der Waals surface area contributed by atoms with Gasteiger partial charge >= 0.3 is 0 Å². The number of benzene rings is 3. The van der Waals surface area contributed by atoms with E-state index in [4.69, 9.17) is 48.5 Å². The van der Waals surface area contributed by atoms with Gasteiger partial charge in [0.25, 0.3) is 24.1 Å². The van der Waals surface area contributed by atoms with Gasteiger partial charge in [-0.2, -0.15) is 0 Å². The Labute approximate surface area is 646 Å². The molecule has 8 aliphatic heterocycles. The van der Waals surface area contributed by atoms with Crippen molar-refractivity contribution in [2.45, 2.75) is 125 Å². The van der Waals surface area contributed by atoms with E-state index >= 15 is 0 Å². The van der Waals surface area contributed by atoms with Gasteiger partial charge in [-0.25, -0.2) is 58.5 Å². The zero-order chi connectivity index (χ0) is 77.4. The number of aliphatic imine (C=N–C) groups is 4. The highest BCUT2D eigenvalue weighted by molar-refractivity contribution is 7.93. The first-order valence-corrected chi connectivity index (χ1v) is 44.8. The molecule has 17 rings (SSSR count). The molecule has 4 atom stereocenters. The fraction of sp³-hybridized carbons (Fsp3) is 0.367. The molecule has 0 bridgehead atoms. The SMILES string of the molecule is CC#Cc1cccc(-c2csc(C3(C)CC4(CS(=O)(=O)C4)OC(N)=N3)c2)c1.CC#Cc1cncc(-n2ccc(C3(C)CC4(CS(=O)(=O)C4)OC(N)=N3)c2)c1.CC1(c2cc(-c3cccc(C#CC4CC4)c3)cs2)CC2(CS(=O)(=O)C2)OC(N)=N1.[C-]#[N+]c1cccc(-c2csc(C3(C)CC4(CS(=O)(=O)C4)OC(N)=N3)c2)c1. The number of thiophene rings is 3. The maximum Gasteiger partial charge on any atom is 0.283 e. The number of pyridine rings is 1. The monoisotopic (exact) mass is 1600 g/mol. The van der Waals surface area contributed by atoms with Crippen LogP contribution in [0.5, 0.6) is 0 Å². The summed E-state index contributed by atoms with van der Waals surface area (Å²) in [6, 6.07) is 34.2. The fourth-order valence-electron chi connectivity index (χ4n) is 15.9. The maximum absolute atomic E-state index is 11.8. The average Bonchev–Trinajstić information content (AvgIpc) is 1.63. The predicted molar refractivity (Wildman–Crippen MR) is 428 cm³/mol. The Balaban J connectivity index is 0.000000121. The minimum atomic E-state index is -3.06. The molecule has 564 valence electrons. The Morgan fingerprint density at radius 2 is 0.844 bits per heavy atom. The maximum atomic E-state index is 11.8. The molecule has 4 saturated heterocycles. The van der Waals surface area contributed by atoms with Crippen LogP contribution in [0.25, 0.3) is 43.9 Å². The van der Waals surface area contributed by atoms with Crippen molar-refractivity contribution in [2.75, 3.05) is 46.0 Å². The van der Waals surface area contributed by atoms with E-state index in [1.165, 1.54) is 12.8 Å². The van der Waals surface area contributed by atoms with Gasteiger partial charge in [0, 0.05) is 81.5 Å². The normalized spacial score (nSPS) is 25.5. The standard InChI is InChI=1S/C22H22N2O3S2.C20H20N2O3S2.C19H20N4O3S.C18H17N3O3S2/c1-21(12-22(27-20(23)24-21)13-29(25,26)14-22)19-10-18(11-28-19)17-4-2-3-16(9-17)8-7-15-5-6-15;1-3-5-14-6-4-7-15(8-14)16-9-17(26-10-16)19(2)11-20(25-18(21)22-19)12-27(23,24)13-20;1-3-4-14-7-16(9-21-8-14)23-6-5-15(10-23)18(2)11-19(26-17(20)22-18)12-27(24,25)13-19;1-17(9-18(24-16(19)21-17)10-26(22,23)11-18)15-7-13(8-25-15)12-4-3-5-14(6-12)20-2/h2-4,9-11,15H,5-6,12-14H2,1H3,(H2,23,24);4,6-10H,11-13H2,1-2H3,(H2,21,22);5-10H,11-13H2,1-2H3,(H2,20,22);3-8H,9-11H2,1H3,(H2,19,21). The Hall–Kier alpha value is -9.76. The summed E-state index contributed by atoms with van der Waals surface area (Å²) in [5.74, 6) is 19.0. The van der Waals surface area contributed by atoms with Crippen molar-refractivity contribution >= 4 is 103 Å². The summed E-state index contributed by atoms with van der Waals surface area (Å²) >= 11 is 4.78. The first-order chi connectivity index (χ1) is 51.4. The predicted octanol–water partition coefficient (Wildman–Crippen LogP) is 10.6. The molecule has 4 spiro atoms. The van der Waals surface area contributed by atoms with Gasteiger partial charge in [0.2, 0.25) is 0 Å². The minimum Gasteiger partial charge on any atom is -0.457 e. The summed E-state index contributed by atoms with van der Waals surface area (Å²) in [6.07, 6.45) is 11.7. The number of sulfone groups is 4. The highest BCUT2D eigenvalue weighted by atomic mass is 32.2. The molecule has 109 heavy (non-hydrogen) atoms. The molecule has 13 heterocycles. The van der Waals surface area contributed by atoms with Crippen LogP contribution in [0.15, 0.2) is 164 Å². The smallest absolute Gasteiger partial charge is 0.283 e. The summed E-state index contributed by atoms with van der Waals surface area (Å²) in [6.45, 7) is 18.7. The van der Waals surface area contributed by atoms with E-state index in [-0.39, 0.29) is 70.1 Å². The van der Waals surface area contributed by atoms with Crippen molar-refractivity contribution in [3.63, 3.8) is 0 Å². The molecule has 3 aromatic carbocycles. The zero-order valence-electron chi connectivity index (χ0n) is 60.5. The van der Waals surface area contributed by atoms with Crippen LogP contribution in [0.2, 0.25) is 0 Å². The lowest BCUT2D eigenvalue weighted by Crippen LogP contribution is -2.62. The lowest BCUT2D eigenvalue weighted by molar-refractivity contribution is 0.0312. The Morgan fingerprint density at radius 1 is 0.468 bits per heavy atom. The van der Waals surface area contributed by atoms with Gasteiger partial charge in [-0.15, -0.1) is 45.9 Å². The van der Waals surface area contributed by atoms with Gasteiger partial charge in [-0.05, 0) is 170 Å². The molecular weight excluding hydrogens is 1520 g/mol. The van der Waals surface area contributed by atoms with Gasteiger partial charge in [-0.1, -0.05) is 66.1 Å². The Bertz CT molecular complexity index is 5660. The number of aromatic nitrogens is 2. The third kappa shape index (κ3) is 16.6. The molecule has 30 heteroatoms. The van der Waals surface area contributed by atoms with Crippen molar-refractivity contribution in [3.05, 3.63) is 192 Å². The summed E-state index contributed by atoms with van der Waals surface area (Å²) in [4.78, 5) is 28.9. The molecule has 0 radical (unpaired) electrons. The van der Waals surface area contributed by atoms with E-state index in [2.05, 4.69) is 112 Å². The van der Waals surface area contributed by atoms with Gasteiger partial charge in [0.15, 0.2) is 45.0 Å². The van der Waals surface area contributed by atoms with Crippen LogP contribution in [0.3, 0.4) is 0 Å². The first-order valence-electron chi connectivity index (χ1n) is 34.9. The number of nitrogens with two attached hydrogens (primary N) is 4. The lowest BCUT2D eigenvalue weighted by atomic mass is 9.82. The van der Waals surface area contributed by atoms with Crippen LogP contribution in [0, 0.1) is 48.0 Å². The van der Waals surface area contributed by atoms with Gasteiger partial charge in [0.1, 0.15) is 39.0 Å². The van der Waals surface area contributed by atoms with Crippen LogP contribution < -0.4 is 22.9 Å². The van der Waals surface area contributed by atoms with E-state index < -0.39 is 83.9 Å². The van der Waals surface area contributed by atoms with E-state index in [0.29, 0.717) is 37.3 Å². The Kier molecular flexibility index (Phi) is 19.5. The lowest BCUT2D eigenvalue weighted by Gasteiger charge is -2.47. The molecule has 9 aliphatic rings. The van der Waals surface area contributed by atoms with Crippen molar-refractivity contribution < 1.29 is 52.6 Å². The number of amidine groups is 4. The second kappa shape index (κ2) is 28.0. The third-order valence-corrected chi connectivity index (χ3v) is 31.5. The third-order valence-electron chi connectivity index (χ3n) is 20.2. The molecule has 1 aliphatic carbocycles. The molecular formula is C79H79N11O12S7. The second-order valence-corrected chi connectivity index (χ2v) is 41.3. The second-order valence-electron chi connectivity index (χ2n) is 30.3. The first kappa shape index (κ1) is 76.0. The van der Waals surface area contributed by atoms with Crippen molar-refractivity contribution in [1.82, 2.24) is 9.55 Å². The summed E-state index contributed by atoms with van der Waals surface area (Å²) in [5, 5.41) is 6.22. The van der Waals surface area contributed by atoms with Gasteiger partial charge < -0.3 is 46.4 Å². The van der Waals surface area contributed by atoms with Crippen molar-refractivity contribution in [2.24, 2.45) is 48.8 Å². The van der Waals surface area contributed by atoms with Crippen LogP contribution in [0.1, 0.15) is 117 Å². The summed E-state index contributed by atoms with van der Waals surface area (Å²) < 4.78 is 118. The van der Waals surface area contributed by atoms with Crippen LogP contribution in [0.4, 0.5) is 5.69 Å². The molecule has 5 aromatic heterocycles. The topological polar surface area (TPSA) is 349 Å². The van der Waals surface area contributed by atoms with E-state index in [1.54, 1.807) is 59.4 Å². The van der Waals surface area contributed by atoms with E-state index in [1.807, 2.05) is 118 Å². The number of hydrogen-bond donors (Lipinski definition) is 4. The van der Waals surface area contributed by atoms with Crippen LogP contribution >= 0.6 is 34.0 Å². The zero-order valence-corrected chi connectivity index (χ0v) is 66.2. The quantitative estimate of drug-likeness (QED) is 0.0811. The van der Waals surface area contributed by atoms with Crippen LogP contribution in [-0.4, -0.2) is 136 Å². The number of ether oxygens (including phenoxy) is 4. The molecule has 8 N–H and O–H groups in total. The van der Waals surface area contributed by atoms with Gasteiger partial charge in [-0.3, -0.25) is 4.98 Å². The molecule has 1 saturated carbocycles. The highest BCUT2D eigenvalue weighted by Crippen LogP contribution is 2.51. The fourth-order valence-corrected chi connectivity index (χ4v) is 26.3. The largest absolute Gasteiger partial charge is 0.457 e. The summed E-state index contributed by atoms with van der Waals surface area (Å²) in [7, 11) is -12.2. The van der Waals surface area contributed by atoms with E-state index in [0.717, 1.165) is 76.0 Å². The average molecular weight is 1600 g/mol. The van der Waals surface area contributed by atoms with Crippen LogP contribution in [-0.2, 0) is 80.5 Å².